The van der Waals surface area contributed by atoms with Crippen LogP contribution >= 0.6 is 15.9 Å². The molecule has 0 radical (unpaired) electrons. The SMILES string of the molecule is COC(=O)c1c([N+](=O)[O-])ncc(C(F)F)c1Br. The third-order valence-electron chi connectivity index (χ3n) is 1.82. The largest absolute Gasteiger partial charge is 0.465 e. The number of aromatic nitrogens is 1. The van der Waals surface area contributed by atoms with E-state index in [0.29, 0.717) is 6.20 Å². The number of pyridine rings is 1. The normalized spacial score (nSPS) is 10.4. The van der Waals surface area contributed by atoms with Crippen molar-refractivity contribution in [1.29, 1.82) is 0 Å². The number of rotatable bonds is 3. The Kier molecular flexibility index (Phi) is 4.05. The topological polar surface area (TPSA) is 82.3 Å². The van der Waals surface area contributed by atoms with E-state index in [2.05, 4.69) is 25.7 Å². The average Bonchev–Trinajstić information content (AvgIpc) is 2.26. The van der Waals surface area contributed by atoms with Gasteiger partial charge < -0.3 is 14.9 Å². The molecule has 6 nitrogen and oxygen atoms in total. The molecule has 0 N–H and O–H groups in total. The van der Waals surface area contributed by atoms with Crippen LogP contribution in [0.4, 0.5) is 14.6 Å². The van der Waals surface area contributed by atoms with E-state index in [9.17, 15) is 23.7 Å². The van der Waals surface area contributed by atoms with Gasteiger partial charge in [0, 0.05) is 0 Å². The van der Waals surface area contributed by atoms with Gasteiger partial charge in [0.2, 0.25) is 0 Å². The molecule has 92 valence electrons. The molecule has 17 heavy (non-hydrogen) atoms. The van der Waals surface area contributed by atoms with Crippen LogP contribution in [0.1, 0.15) is 22.3 Å². The lowest BCUT2D eigenvalue weighted by atomic mass is 10.2. The van der Waals surface area contributed by atoms with E-state index in [1.165, 1.54) is 0 Å². The first kappa shape index (κ1) is 13.4. The Morgan fingerprint density at radius 1 is 1.65 bits per heavy atom. The van der Waals surface area contributed by atoms with Crippen molar-refractivity contribution in [2.24, 2.45) is 0 Å². The Balaban J connectivity index is 3.53. The monoisotopic (exact) mass is 310 g/mol. The van der Waals surface area contributed by atoms with Crippen LogP contribution in [0.15, 0.2) is 10.7 Å². The van der Waals surface area contributed by atoms with E-state index in [0.717, 1.165) is 7.11 Å². The van der Waals surface area contributed by atoms with Gasteiger partial charge in [0.25, 0.3) is 6.43 Å². The molecule has 0 unspecified atom stereocenters. The maximum atomic E-state index is 12.5. The Bertz CT molecular complexity index is 481. The number of halogens is 3. The summed E-state index contributed by atoms with van der Waals surface area (Å²) in [6.07, 6.45) is -2.28. The number of nitrogens with zero attached hydrogens (tertiary/aromatic N) is 2. The van der Waals surface area contributed by atoms with Crippen LogP contribution in [-0.2, 0) is 4.74 Å². The number of ether oxygens (including phenoxy) is 1. The Labute approximate surface area is 102 Å². The number of nitro groups is 1. The van der Waals surface area contributed by atoms with Crippen molar-refractivity contribution < 1.29 is 23.2 Å². The second-order valence-electron chi connectivity index (χ2n) is 2.78. The second kappa shape index (κ2) is 5.13. The highest BCUT2D eigenvalue weighted by molar-refractivity contribution is 9.10. The minimum Gasteiger partial charge on any atom is -0.465 e. The van der Waals surface area contributed by atoms with E-state index in [1.807, 2.05) is 0 Å². The Hall–Kier alpha value is -1.64. The van der Waals surface area contributed by atoms with Gasteiger partial charge in [-0.05, 0) is 25.8 Å². The molecular weight excluding hydrogens is 306 g/mol. The number of hydrogen-bond acceptors (Lipinski definition) is 5. The smallest absolute Gasteiger partial charge is 0.379 e. The van der Waals surface area contributed by atoms with Gasteiger partial charge >= 0.3 is 11.8 Å². The summed E-state index contributed by atoms with van der Waals surface area (Å²) in [6.45, 7) is 0. The van der Waals surface area contributed by atoms with Crippen LogP contribution in [0.2, 0.25) is 0 Å². The molecule has 1 heterocycles. The van der Waals surface area contributed by atoms with E-state index >= 15 is 0 Å². The van der Waals surface area contributed by atoms with Gasteiger partial charge in [-0.15, -0.1) is 0 Å². The van der Waals surface area contributed by atoms with Crippen LogP contribution in [0.25, 0.3) is 0 Å². The van der Waals surface area contributed by atoms with Gasteiger partial charge in [0.1, 0.15) is 0 Å². The van der Waals surface area contributed by atoms with Crippen molar-refractivity contribution in [2.45, 2.75) is 6.43 Å². The molecule has 0 spiro atoms. The molecule has 1 aromatic rings. The molecule has 0 fully saturated rings. The number of methoxy groups -OCH3 is 1. The number of hydrogen-bond donors (Lipinski definition) is 0. The maximum Gasteiger partial charge on any atom is 0.379 e. The highest BCUT2D eigenvalue weighted by Crippen LogP contribution is 2.33. The van der Waals surface area contributed by atoms with Gasteiger partial charge in [0.05, 0.1) is 17.1 Å². The molecule has 0 atom stereocenters. The van der Waals surface area contributed by atoms with Crippen LogP contribution in [0.5, 0.6) is 0 Å². The molecule has 9 heteroatoms. The first-order valence-corrected chi connectivity index (χ1v) is 4.88. The van der Waals surface area contributed by atoms with Gasteiger partial charge in [-0.3, -0.25) is 0 Å². The summed E-state index contributed by atoms with van der Waals surface area (Å²) in [4.78, 5) is 24.2. The van der Waals surface area contributed by atoms with E-state index in [1.54, 1.807) is 0 Å². The van der Waals surface area contributed by atoms with Crippen LogP contribution in [0, 0.1) is 10.1 Å². The standard InChI is InChI=1S/C8H5BrF2N2O4/c1-17-8(14)4-5(9)3(6(10)11)2-12-7(4)13(15)16/h2,6H,1H3. The number of alkyl halides is 2. The zero-order valence-electron chi connectivity index (χ0n) is 8.32. The zero-order valence-corrected chi connectivity index (χ0v) is 9.90. The van der Waals surface area contributed by atoms with Crippen LogP contribution < -0.4 is 0 Å². The molecular formula is C8H5BrF2N2O4. The summed E-state index contributed by atoms with van der Waals surface area (Å²) >= 11 is 2.72. The van der Waals surface area contributed by atoms with Crippen molar-refractivity contribution in [2.75, 3.05) is 7.11 Å². The molecule has 0 saturated carbocycles. The zero-order chi connectivity index (χ0) is 13.2. The molecule has 1 aromatic heterocycles. The number of carbonyl (C=O) groups excluding carboxylic acids is 1. The first-order valence-electron chi connectivity index (χ1n) is 4.09. The highest BCUT2D eigenvalue weighted by Gasteiger charge is 2.30. The third kappa shape index (κ3) is 2.54. The number of esters is 1. The third-order valence-corrected chi connectivity index (χ3v) is 2.67. The molecule has 0 amide bonds. The fourth-order valence-electron chi connectivity index (χ4n) is 1.07. The van der Waals surface area contributed by atoms with E-state index in [4.69, 9.17) is 0 Å². The fraction of sp³-hybridized carbons (Fsp3) is 0.250. The molecule has 1 rings (SSSR count). The lowest BCUT2D eigenvalue weighted by Crippen LogP contribution is -2.10. The molecule has 0 aliphatic heterocycles. The summed E-state index contributed by atoms with van der Waals surface area (Å²) in [7, 11) is 0.980. The first-order chi connectivity index (χ1) is 7.90. The van der Waals surface area contributed by atoms with E-state index in [-0.39, 0.29) is 4.47 Å². The lowest BCUT2D eigenvalue weighted by Gasteiger charge is -2.06. The van der Waals surface area contributed by atoms with Gasteiger partial charge in [-0.1, -0.05) is 0 Å². The minimum absolute atomic E-state index is 0.388. The predicted molar refractivity (Wildman–Crippen MR) is 54.9 cm³/mol. The van der Waals surface area contributed by atoms with Crippen molar-refractivity contribution >= 4 is 27.7 Å². The molecule has 0 aromatic carbocycles. The van der Waals surface area contributed by atoms with Crippen molar-refractivity contribution in [3.05, 3.63) is 31.9 Å². The second-order valence-corrected chi connectivity index (χ2v) is 3.57. The van der Waals surface area contributed by atoms with E-state index < -0.39 is 34.3 Å². The highest BCUT2D eigenvalue weighted by atomic mass is 79.9. The lowest BCUT2D eigenvalue weighted by molar-refractivity contribution is -0.390. The van der Waals surface area contributed by atoms with Gasteiger partial charge in [0.15, 0.2) is 11.8 Å². The Morgan fingerprint density at radius 3 is 2.65 bits per heavy atom. The van der Waals surface area contributed by atoms with Crippen molar-refractivity contribution in [1.82, 2.24) is 4.98 Å². The molecule has 0 bridgehead atoms. The van der Waals surface area contributed by atoms with Gasteiger partial charge in [-0.2, -0.15) is 0 Å². The predicted octanol–water partition coefficient (Wildman–Crippen LogP) is 2.48. The van der Waals surface area contributed by atoms with Crippen LogP contribution in [-0.4, -0.2) is 23.0 Å². The summed E-state index contributed by atoms with van der Waals surface area (Å²) in [5.41, 5.74) is -1.24. The van der Waals surface area contributed by atoms with Crippen molar-refractivity contribution in [3.63, 3.8) is 0 Å². The van der Waals surface area contributed by atoms with Crippen molar-refractivity contribution in [3.8, 4) is 0 Å². The summed E-state index contributed by atoms with van der Waals surface area (Å²) in [5, 5.41) is 10.6. The minimum atomic E-state index is -2.92. The summed E-state index contributed by atoms with van der Waals surface area (Å²) < 4.78 is 28.9. The maximum absolute atomic E-state index is 12.5. The van der Waals surface area contributed by atoms with Crippen LogP contribution in [0.3, 0.4) is 0 Å². The molecule has 0 aliphatic carbocycles. The molecule has 0 aliphatic rings. The quantitative estimate of drug-likeness (QED) is 0.486. The fourth-order valence-corrected chi connectivity index (χ4v) is 1.68. The summed E-state index contributed by atoms with van der Waals surface area (Å²) in [5.74, 6) is -1.95. The Morgan fingerprint density at radius 2 is 2.24 bits per heavy atom. The number of carbonyl (C=O) groups is 1. The molecule has 0 saturated heterocycles. The average molecular weight is 311 g/mol. The van der Waals surface area contributed by atoms with Gasteiger partial charge in [-0.25, -0.2) is 13.6 Å². The summed E-state index contributed by atoms with van der Waals surface area (Å²) in [6, 6.07) is 0.